The Morgan fingerprint density at radius 1 is 1.45 bits per heavy atom. The molecule has 0 aromatic heterocycles. The minimum atomic E-state index is -0.948. The van der Waals surface area contributed by atoms with Crippen molar-refractivity contribution < 1.29 is 24.2 Å². The van der Waals surface area contributed by atoms with Crippen LogP contribution in [0.5, 0.6) is 0 Å². The van der Waals surface area contributed by atoms with Gasteiger partial charge in [-0.05, 0) is 40.5 Å². The van der Waals surface area contributed by atoms with Gasteiger partial charge in [0.15, 0.2) is 0 Å². The van der Waals surface area contributed by atoms with E-state index in [0.29, 0.717) is 19.6 Å². The molecule has 0 bridgehead atoms. The summed E-state index contributed by atoms with van der Waals surface area (Å²) in [6.45, 7) is 8.25. The highest BCUT2D eigenvalue weighted by atomic mass is 16.6. The molecule has 3 atom stereocenters. The molecule has 1 saturated heterocycles. The van der Waals surface area contributed by atoms with E-state index in [4.69, 9.17) is 9.47 Å². The molecule has 6 nitrogen and oxygen atoms in total. The number of amides is 1. The standard InChI is InChI=1S/C16H25NO5/c1-10-7-12(17-14(20)22-15(2,3)4)8-16(10,13(18)19)11-5-6-21-9-11/h7,11-12H,5-6,8-9H2,1-4H3,(H,17,20)(H,18,19)/t11-,12+,16-/m0/s1. The van der Waals surface area contributed by atoms with Gasteiger partial charge in [0.05, 0.1) is 18.1 Å². The Bertz CT molecular complexity index is 487. The molecular weight excluding hydrogens is 286 g/mol. The van der Waals surface area contributed by atoms with Crippen molar-refractivity contribution in [2.24, 2.45) is 11.3 Å². The van der Waals surface area contributed by atoms with Gasteiger partial charge in [0.25, 0.3) is 0 Å². The Hall–Kier alpha value is -1.56. The van der Waals surface area contributed by atoms with Crippen molar-refractivity contribution in [3.63, 3.8) is 0 Å². The predicted octanol–water partition coefficient (Wildman–Crippen LogP) is 2.34. The monoisotopic (exact) mass is 311 g/mol. The van der Waals surface area contributed by atoms with Crippen LogP contribution < -0.4 is 5.32 Å². The molecule has 0 saturated carbocycles. The van der Waals surface area contributed by atoms with E-state index in [1.54, 1.807) is 20.8 Å². The molecule has 124 valence electrons. The lowest BCUT2D eigenvalue weighted by Crippen LogP contribution is -2.43. The number of ether oxygens (including phenoxy) is 2. The van der Waals surface area contributed by atoms with Crippen LogP contribution in [0.15, 0.2) is 11.6 Å². The van der Waals surface area contributed by atoms with Gasteiger partial charge in [-0.15, -0.1) is 0 Å². The number of carboxylic acids is 1. The number of hydrogen-bond donors (Lipinski definition) is 2. The molecule has 2 rings (SSSR count). The Morgan fingerprint density at radius 3 is 2.64 bits per heavy atom. The van der Waals surface area contributed by atoms with Crippen molar-refractivity contribution in [1.29, 1.82) is 0 Å². The molecule has 0 spiro atoms. The second-order valence-corrected chi connectivity index (χ2v) is 7.14. The lowest BCUT2D eigenvalue weighted by Gasteiger charge is -2.32. The highest BCUT2D eigenvalue weighted by Crippen LogP contribution is 2.48. The molecule has 22 heavy (non-hydrogen) atoms. The number of hydrogen-bond acceptors (Lipinski definition) is 4. The summed E-state index contributed by atoms with van der Waals surface area (Å²) < 4.78 is 10.6. The Kier molecular flexibility index (Phi) is 4.52. The van der Waals surface area contributed by atoms with Crippen molar-refractivity contribution >= 4 is 12.1 Å². The highest BCUT2D eigenvalue weighted by molar-refractivity contribution is 5.81. The highest BCUT2D eigenvalue weighted by Gasteiger charge is 2.52. The maximum absolute atomic E-state index is 11.9. The van der Waals surface area contributed by atoms with Crippen molar-refractivity contribution in [3.05, 3.63) is 11.6 Å². The first-order chi connectivity index (χ1) is 10.1. The van der Waals surface area contributed by atoms with E-state index >= 15 is 0 Å². The summed E-state index contributed by atoms with van der Waals surface area (Å²) in [5, 5.41) is 12.5. The molecule has 0 aromatic rings. The average Bonchev–Trinajstić information content (AvgIpc) is 2.94. The SMILES string of the molecule is CC1=C[C@@H](NC(=O)OC(C)(C)C)C[C@@]1(C(=O)O)[C@H]1CCOC1. The quantitative estimate of drug-likeness (QED) is 0.781. The summed E-state index contributed by atoms with van der Waals surface area (Å²) in [6, 6.07) is -0.327. The molecular formula is C16H25NO5. The third kappa shape index (κ3) is 3.27. The van der Waals surface area contributed by atoms with E-state index in [1.165, 1.54) is 0 Å². The van der Waals surface area contributed by atoms with E-state index in [9.17, 15) is 14.7 Å². The molecule has 1 amide bonds. The lowest BCUT2D eigenvalue weighted by molar-refractivity contribution is -0.150. The van der Waals surface area contributed by atoms with Crippen molar-refractivity contribution in [3.8, 4) is 0 Å². The fourth-order valence-electron chi connectivity index (χ4n) is 3.41. The van der Waals surface area contributed by atoms with Crippen LogP contribution in [0.25, 0.3) is 0 Å². The molecule has 2 N–H and O–H groups in total. The fourth-order valence-corrected chi connectivity index (χ4v) is 3.41. The number of nitrogens with one attached hydrogen (secondary N) is 1. The molecule has 6 heteroatoms. The fraction of sp³-hybridized carbons (Fsp3) is 0.750. The van der Waals surface area contributed by atoms with Crippen molar-refractivity contribution in [2.75, 3.05) is 13.2 Å². The Labute approximate surface area is 130 Å². The zero-order chi connectivity index (χ0) is 16.5. The lowest BCUT2D eigenvalue weighted by atomic mass is 9.70. The molecule has 0 unspecified atom stereocenters. The van der Waals surface area contributed by atoms with Gasteiger partial charge in [-0.25, -0.2) is 4.79 Å². The van der Waals surface area contributed by atoms with Gasteiger partial charge in [0, 0.05) is 12.5 Å². The first-order valence-electron chi connectivity index (χ1n) is 7.65. The molecule has 0 radical (unpaired) electrons. The number of alkyl carbamates (subject to hydrolysis) is 1. The summed E-state index contributed by atoms with van der Waals surface area (Å²) in [4.78, 5) is 23.8. The average molecular weight is 311 g/mol. The third-order valence-electron chi connectivity index (χ3n) is 4.41. The topological polar surface area (TPSA) is 84.9 Å². The summed E-state index contributed by atoms with van der Waals surface area (Å²) in [7, 11) is 0. The first-order valence-corrected chi connectivity index (χ1v) is 7.65. The molecule has 2 aliphatic rings. The normalized spacial score (nSPS) is 31.7. The second kappa shape index (κ2) is 5.91. The second-order valence-electron chi connectivity index (χ2n) is 7.14. The minimum Gasteiger partial charge on any atom is -0.481 e. The molecule has 0 aromatic carbocycles. The number of carbonyl (C=O) groups excluding carboxylic acids is 1. The van der Waals surface area contributed by atoms with Crippen LogP contribution in [0.4, 0.5) is 4.79 Å². The van der Waals surface area contributed by atoms with Crippen LogP contribution in [0, 0.1) is 11.3 Å². The number of carboxylic acid groups (broad SMARTS) is 1. The number of rotatable bonds is 3. The van der Waals surface area contributed by atoms with Crippen molar-refractivity contribution in [2.45, 2.75) is 52.2 Å². The zero-order valence-electron chi connectivity index (χ0n) is 13.6. The maximum Gasteiger partial charge on any atom is 0.408 e. The van der Waals surface area contributed by atoms with Crippen LogP contribution >= 0.6 is 0 Å². The number of carbonyl (C=O) groups is 2. The predicted molar refractivity (Wildman–Crippen MR) is 80.5 cm³/mol. The van der Waals surface area contributed by atoms with Crippen molar-refractivity contribution in [1.82, 2.24) is 5.32 Å². The van der Waals surface area contributed by atoms with Crippen LogP contribution in [-0.2, 0) is 14.3 Å². The first kappa shape index (κ1) is 16.8. The third-order valence-corrected chi connectivity index (χ3v) is 4.41. The summed E-state index contributed by atoms with van der Waals surface area (Å²) >= 11 is 0. The van der Waals surface area contributed by atoms with Crippen LogP contribution in [0.2, 0.25) is 0 Å². The molecule has 1 heterocycles. The van der Waals surface area contributed by atoms with Gasteiger partial charge >= 0.3 is 12.1 Å². The zero-order valence-corrected chi connectivity index (χ0v) is 13.6. The van der Waals surface area contributed by atoms with E-state index < -0.39 is 23.1 Å². The van der Waals surface area contributed by atoms with E-state index in [-0.39, 0.29) is 12.0 Å². The van der Waals surface area contributed by atoms with Gasteiger partial charge in [-0.1, -0.05) is 11.6 Å². The van der Waals surface area contributed by atoms with Crippen LogP contribution in [-0.4, -0.2) is 42.0 Å². The largest absolute Gasteiger partial charge is 0.481 e. The Morgan fingerprint density at radius 2 is 2.14 bits per heavy atom. The van der Waals surface area contributed by atoms with E-state index in [0.717, 1.165) is 12.0 Å². The van der Waals surface area contributed by atoms with Gasteiger partial charge in [0.2, 0.25) is 0 Å². The van der Waals surface area contributed by atoms with Crippen LogP contribution in [0.3, 0.4) is 0 Å². The number of aliphatic carboxylic acids is 1. The van der Waals surface area contributed by atoms with E-state index in [1.807, 2.05) is 13.0 Å². The summed E-state index contributed by atoms with van der Waals surface area (Å²) in [5.41, 5.74) is -0.738. The molecule has 1 aliphatic carbocycles. The van der Waals surface area contributed by atoms with Gasteiger partial charge in [-0.2, -0.15) is 0 Å². The molecule has 1 fully saturated rings. The summed E-state index contributed by atoms with van der Waals surface area (Å²) in [6.07, 6.45) is 2.39. The minimum absolute atomic E-state index is 0.0494. The summed E-state index contributed by atoms with van der Waals surface area (Å²) in [5.74, 6) is -0.892. The maximum atomic E-state index is 11.9. The van der Waals surface area contributed by atoms with Gasteiger partial charge in [-0.3, -0.25) is 4.79 Å². The van der Waals surface area contributed by atoms with Gasteiger partial charge in [0.1, 0.15) is 5.60 Å². The van der Waals surface area contributed by atoms with Gasteiger partial charge < -0.3 is 19.9 Å². The smallest absolute Gasteiger partial charge is 0.408 e. The van der Waals surface area contributed by atoms with Crippen LogP contribution in [0.1, 0.15) is 40.5 Å². The molecule has 1 aliphatic heterocycles. The Balaban J connectivity index is 2.10. The van der Waals surface area contributed by atoms with E-state index in [2.05, 4.69) is 5.32 Å².